The van der Waals surface area contributed by atoms with Crippen LogP contribution in [0.3, 0.4) is 0 Å². The Kier molecular flexibility index (Phi) is 3.61. The van der Waals surface area contributed by atoms with Gasteiger partial charge in [0.2, 0.25) is 0 Å². The molecule has 5 heteroatoms. The maximum absolute atomic E-state index is 10.4. The average molecular weight is 237 g/mol. The van der Waals surface area contributed by atoms with Gasteiger partial charge < -0.3 is 15.1 Å². The predicted molar refractivity (Wildman–Crippen MR) is 60.5 cm³/mol. The largest absolute Gasteiger partial charge is 0.525 e. The van der Waals surface area contributed by atoms with Gasteiger partial charge in [-0.3, -0.25) is 0 Å². The summed E-state index contributed by atoms with van der Waals surface area (Å²) < 4.78 is 0. The highest BCUT2D eigenvalue weighted by Gasteiger charge is 2.30. The average Bonchev–Trinajstić information content (AvgIpc) is 2.29. The number of rotatable bonds is 2. The summed E-state index contributed by atoms with van der Waals surface area (Å²) in [4.78, 5) is 14.9. The standard InChI is InChI=1S/C12H15NO4/c14-11-8-13(17-12(15)16)7-6-10(11)9-4-2-1-3-5-9/h1-5,10-11,14H,6-8H2,(H,15,16). The summed E-state index contributed by atoms with van der Waals surface area (Å²) in [5, 5.41) is 19.8. The van der Waals surface area contributed by atoms with Crippen molar-refractivity contribution < 1.29 is 19.8 Å². The molecule has 2 rings (SSSR count). The van der Waals surface area contributed by atoms with Crippen molar-refractivity contribution in [2.24, 2.45) is 0 Å². The molecular formula is C12H15NO4. The first kappa shape index (κ1) is 11.9. The highest BCUT2D eigenvalue weighted by molar-refractivity contribution is 5.56. The number of hydrogen-bond acceptors (Lipinski definition) is 4. The number of carboxylic acid groups (broad SMARTS) is 1. The van der Waals surface area contributed by atoms with Gasteiger partial charge in [-0.25, -0.2) is 4.79 Å². The third kappa shape index (κ3) is 2.95. The third-order valence-electron chi connectivity index (χ3n) is 2.98. The first-order valence-corrected chi connectivity index (χ1v) is 5.55. The van der Waals surface area contributed by atoms with Crippen molar-refractivity contribution in [3.05, 3.63) is 35.9 Å². The molecule has 0 bridgehead atoms. The molecule has 0 radical (unpaired) electrons. The lowest BCUT2D eigenvalue weighted by Crippen LogP contribution is -2.43. The van der Waals surface area contributed by atoms with Gasteiger partial charge >= 0.3 is 6.16 Å². The third-order valence-corrected chi connectivity index (χ3v) is 2.98. The van der Waals surface area contributed by atoms with E-state index in [1.807, 2.05) is 30.3 Å². The zero-order chi connectivity index (χ0) is 12.3. The van der Waals surface area contributed by atoms with E-state index in [-0.39, 0.29) is 12.5 Å². The fraction of sp³-hybridized carbons (Fsp3) is 0.417. The fourth-order valence-electron chi connectivity index (χ4n) is 2.19. The minimum atomic E-state index is -1.34. The van der Waals surface area contributed by atoms with Gasteiger partial charge in [0.15, 0.2) is 0 Å². The van der Waals surface area contributed by atoms with Gasteiger partial charge in [0, 0.05) is 12.5 Å². The van der Waals surface area contributed by atoms with Crippen LogP contribution in [-0.2, 0) is 4.84 Å². The molecule has 0 amide bonds. The Morgan fingerprint density at radius 2 is 2.06 bits per heavy atom. The van der Waals surface area contributed by atoms with Crippen molar-refractivity contribution >= 4 is 6.16 Å². The SMILES string of the molecule is O=C(O)ON1CCC(c2ccccc2)C(O)C1. The van der Waals surface area contributed by atoms with Crippen molar-refractivity contribution in [2.45, 2.75) is 18.4 Å². The highest BCUT2D eigenvalue weighted by Crippen LogP contribution is 2.28. The lowest BCUT2D eigenvalue weighted by molar-refractivity contribution is -0.154. The second-order valence-corrected chi connectivity index (χ2v) is 4.12. The number of β-amino-alcohol motifs (C(OH)–C–C–N with tert-alkyl or cyclic N) is 1. The molecule has 0 saturated carbocycles. The summed E-state index contributed by atoms with van der Waals surface area (Å²) in [6, 6.07) is 9.74. The molecule has 1 aromatic rings. The predicted octanol–water partition coefficient (Wildman–Crippen LogP) is 1.45. The summed E-state index contributed by atoms with van der Waals surface area (Å²) in [5.74, 6) is 0.0462. The van der Waals surface area contributed by atoms with E-state index < -0.39 is 12.3 Å². The highest BCUT2D eigenvalue weighted by atomic mass is 16.8. The number of hydroxylamine groups is 2. The number of benzene rings is 1. The van der Waals surface area contributed by atoms with Crippen LogP contribution in [0.2, 0.25) is 0 Å². The van der Waals surface area contributed by atoms with E-state index in [0.717, 1.165) is 5.56 Å². The van der Waals surface area contributed by atoms with Crippen LogP contribution in [-0.4, -0.2) is 40.6 Å². The second kappa shape index (κ2) is 5.16. The molecule has 1 saturated heterocycles. The minimum absolute atomic E-state index is 0.0462. The van der Waals surface area contributed by atoms with Gasteiger partial charge in [0.1, 0.15) is 0 Å². The van der Waals surface area contributed by atoms with Crippen LogP contribution in [0, 0.1) is 0 Å². The Labute approximate surface area is 99.2 Å². The molecule has 2 N–H and O–H groups in total. The minimum Gasteiger partial charge on any atom is -0.448 e. The van der Waals surface area contributed by atoms with E-state index in [1.165, 1.54) is 5.06 Å². The molecular weight excluding hydrogens is 222 g/mol. The Bertz CT molecular complexity index is 381. The van der Waals surface area contributed by atoms with Crippen molar-refractivity contribution in [3.8, 4) is 0 Å². The van der Waals surface area contributed by atoms with Crippen molar-refractivity contribution in [1.29, 1.82) is 0 Å². The number of aliphatic hydroxyl groups is 1. The quantitative estimate of drug-likeness (QED) is 0.814. The van der Waals surface area contributed by atoms with Crippen LogP contribution in [0.5, 0.6) is 0 Å². The summed E-state index contributed by atoms with van der Waals surface area (Å²) in [6.07, 6.45) is -1.26. The van der Waals surface area contributed by atoms with Gasteiger partial charge in [-0.05, 0) is 12.0 Å². The molecule has 1 aromatic carbocycles. The van der Waals surface area contributed by atoms with E-state index in [0.29, 0.717) is 13.0 Å². The molecule has 2 unspecified atom stereocenters. The van der Waals surface area contributed by atoms with Crippen molar-refractivity contribution in [2.75, 3.05) is 13.1 Å². The molecule has 1 aliphatic heterocycles. The summed E-state index contributed by atoms with van der Waals surface area (Å²) in [6.45, 7) is 0.717. The molecule has 1 aliphatic rings. The summed E-state index contributed by atoms with van der Waals surface area (Å²) in [5.41, 5.74) is 1.08. The first-order chi connectivity index (χ1) is 8.16. The number of hydrogen-bond donors (Lipinski definition) is 2. The smallest absolute Gasteiger partial charge is 0.448 e. The van der Waals surface area contributed by atoms with Crippen LogP contribution in [0.25, 0.3) is 0 Å². The number of nitrogens with zero attached hydrogens (tertiary/aromatic N) is 1. The monoisotopic (exact) mass is 237 g/mol. The summed E-state index contributed by atoms with van der Waals surface area (Å²) >= 11 is 0. The lowest BCUT2D eigenvalue weighted by atomic mass is 9.88. The van der Waals surface area contributed by atoms with Gasteiger partial charge in [-0.15, -0.1) is 5.06 Å². The van der Waals surface area contributed by atoms with Crippen LogP contribution in [0.4, 0.5) is 4.79 Å². The van der Waals surface area contributed by atoms with Crippen LogP contribution in [0.1, 0.15) is 17.9 Å². The molecule has 92 valence electrons. The number of aliphatic hydroxyl groups excluding tert-OH is 1. The Hall–Kier alpha value is -1.59. The lowest BCUT2D eigenvalue weighted by Gasteiger charge is -2.33. The topological polar surface area (TPSA) is 70.0 Å². The normalized spacial score (nSPS) is 25.5. The Balaban J connectivity index is 1.99. The van der Waals surface area contributed by atoms with E-state index in [1.54, 1.807) is 0 Å². The van der Waals surface area contributed by atoms with Crippen LogP contribution >= 0.6 is 0 Å². The van der Waals surface area contributed by atoms with E-state index in [4.69, 9.17) is 5.11 Å². The molecule has 17 heavy (non-hydrogen) atoms. The van der Waals surface area contributed by atoms with E-state index in [9.17, 15) is 9.90 Å². The number of carbonyl (C=O) groups is 1. The zero-order valence-corrected chi connectivity index (χ0v) is 9.32. The molecule has 0 aliphatic carbocycles. The molecule has 1 heterocycles. The Morgan fingerprint density at radius 3 is 2.65 bits per heavy atom. The maximum atomic E-state index is 10.4. The van der Waals surface area contributed by atoms with Gasteiger partial charge in [-0.1, -0.05) is 30.3 Å². The molecule has 0 spiro atoms. The first-order valence-electron chi connectivity index (χ1n) is 5.55. The maximum Gasteiger partial charge on any atom is 0.525 e. The zero-order valence-electron chi connectivity index (χ0n) is 9.32. The van der Waals surface area contributed by atoms with Crippen LogP contribution in [0.15, 0.2) is 30.3 Å². The molecule has 2 atom stereocenters. The molecule has 0 aromatic heterocycles. The van der Waals surface area contributed by atoms with E-state index >= 15 is 0 Å². The Morgan fingerprint density at radius 1 is 1.35 bits per heavy atom. The number of piperidine rings is 1. The van der Waals surface area contributed by atoms with Gasteiger partial charge in [-0.2, -0.15) is 0 Å². The second-order valence-electron chi connectivity index (χ2n) is 4.12. The van der Waals surface area contributed by atoms with Gasteiger partial charge in [0.25, 0.3) is 0 Å². The van der Waals surface area contributed by atoms with E-state index in [2.05, 4.69) is 4.84 Å². The van der Waals surface area contributed by atoms with Crippen LogP contribution < -0.4 is 0 Å². The fourth-order valence-corrected chi connectivity index (χ4v) is 2.19. The molecule has 1 fully saturated rings. The molecule has 5 nitrogen and oxygen atoms in total. The summed E-state index contributed by atoms with van der Waals surface area (Å²) in [7, 11) is 0. The van der Waals surface area contributed by atoms with Crippen molar-refractivity contribution in [1.82, 2.24) is 5.06 Å². The van der Waals surface area contributed by atoms with Gasteiger partial charge in [0.05, 0.1) is 12.6 Å². The van der Waals surface area contributed by atoms with Crippen molar-refractivity contribution in [3.63, 3.8) is 0 Å².